The van der Waals surface area contributed by atoms with E-state index in [0.717, 1.165) is 0 Å². The van der Waals surface area contributed by atoms with E-state index in [9.17, 15) is 18.8 Å². The highest BCUT2D eigenvalue weighted by Crippen LogP contribution is 2.25. The lowest BCUT2D eigenvalue weighted by molar-refractivity contribution is -0.142. The minimum Gasteiger partial charge on any atom is -0.481 e. The molecule has 0 atom stereocenters. The molecule has 1 saturated carbocycles. The Kier molecular flexibility index (Phi) is 5.64. The van der Waals surface area contributed by atoms with Gasteiger partial charge in [-0.15, -0.1) is 0 Å². The van der Waals surface area contributed by atoms with Gasteiger partial charge in [0.2, 0.25) is 0 Å². The van der Waals surface area contributed by atoms with Crippen molar-refractivity contribution in [3.05, 3.63) is 71.0 Å². The summed E-state index contributed by atoms with van der Waals surface area (Å²) in [4.78, 5) is 36.5. The minimum atomic E-state index is -0.796. The number of aliphatic carboxylic acids is 1. The summed E-state index contributed by atoms with van der Waals surface area (Å²) in [5.74, 6) is -2.30. The predicted octanol–water partition coefficient (Wildman–Crippen LogP) is 3.43. The molecule has 0 heterocycles. The van der Waals surface area contributed by atoms with Crippen LogP contribution in [0.3, 0.4) is 0 Å². The summed E-state index contributed by atoms with van der Waals surface area (Å²) in [5.41, 5.74) is 0.812. The average Bonchev–Trinajstić information content (AvgIpc) is 2.68. The fourth-order valence-corrected chi connectivity index (χ4v) is 3.38. The second kappa shape index (κ2) is 8.12. The van der Waals surface area contributed by atoms with Crippen molar-refractivity contribution < 1.29 is 23.9 Å². The van der Waals surface area contributed by atoms with Crippen molar-refractivity contribution in [1.82, 2.24) is 5.32 Å². The lowest BCUT2D eigenvalue weighted by Crippen LogP contribution is -2.39. The van der Waals surface area contributed by atoms with E-state index < -0.39 is 11.8 Å². The largest absolute Gasteiger partial charge is 0.481 e. The molecule has 1 aliphatic carbocycles. The van der Waals surface area contributed by atoms with Gasteiger partial charge in [-0.05, 0) is 56.0 Å². The Balaban J connectivity index is 1.73. The molecule has 27 heavy (non-hydrogen) atoms. The molecule has 0 bridgehead atoms. The molecule has 1 fully saturated rings. The maximum absolute atomic E-state index is 13.1. The molecule has 2 aromatic rings. The Morgan fingerprint density at radius 3 is 2.07 bits per heavy atom. The standard InChI is InChI=1S/C21H20FNO4/c22-15-9-5-13(6-10-15)19(24)17-3-1-2-4-18(17)20(25)23-16-11-7-14(8-12-16)21(26)27/h1-6,9-10,14,16H,7-8,11-12H2,(H,23,25)(H,26,27). The minimum absolute atomic E-state index is 0.109. The Hall–Kier alpha value is -3.02. The first kappa shape index (κ1) is 18.8. The number of carboxylic acid groups (broad SMARTS) is 1. The van der Waals surface area contributed by atoms with Crippen LogP contribution in [0.25, 0.3) is 0 Å². The van der Waals surface area contributed by atoms with E-state index in [1.54, 1.807) is 24.3 Å². The van der Waals surface area contributed by atoms with Gasteiger partial charge < -0.3 is 10.4 Å². The summed E-state index contributed by atoms with van der Waals surface area (Å²) in [6.45, 7) is 0. The highest BCUT2D eigenvalue weighted by molar-refractivity contribution is 6.15. The van der Waals surface area contributed by atoms with Crippen molar-refractivity contribution in [2.75, 3.05) is 0 Å². The van der Waals surface area contributed by atoms with Gasteiger partial charge >= 0.3 is 5.97 Å². The van der Waals surface area contributed by atoms with Crippen LogP contribution >= 0.6 is 0 Å². The van der Waals surface area contributed by atoms with E-state index in [0.29, 0.717) is 31.2 Å². The van der Waals surface area contributed by atoms with Crippen LogP contribution in [0.2, 0.25) is 0 Å². The molecule has 5 nitrogen and oxygen atoms in total. The third kappa shape index (κ3) is 4.39. The Morgan fingerprint density at radius 2 is 1.48 bits per heavy atom. The van der Waals surface area contributed by atoms with Gasteiger partial charge in [0.15, 0.2) is 5.78 Å². The smallest absolute Gasteiger partial charge is 0.306 e. The Bertz CT molecular complexity index is 855. The fraction of sp³-hybridized carbons (Fsp3) is 0.286. The zero-order valence-electron chi connectivity index (χ0n) is 14.7. The van der Waals surface area contributed by atoms with Crippen molar-refractivity contribution >= 4 is 17.7 Å². The van der Waals surface area contributed by atoms with Gasteiger partial charge in [0.1, 0.15) is 5.82 Å². The second-order valence-corrected chi connectivity index (χ2v) is 6.74. The monoisotopic (exact) mass is 369 g/mol. The van der Waals surface area contributed by atoms with Crippen LogP contribution in [0.4, 0.5) is 4.39 Å². The van der Waals surface area contributed by atoms with Crippen LogP contribution in [0, 0.1) is 11.7 Å². The van der Waals surface area contributed by atoms with Crippen molar-refractivity contribution in [3.63, 3.8) is 0 Å². The number of ketones is 1. The molecule has 1 amide bonds. The second-order valence-electron chi connectivity index (χ2n) is 6.74. The van der Waals surface area contributed by atoms with Crippen LogP contribution in [-0.4, -0.2) is 28.8 Å². The van der Waals surface area contributed by atoms with Crippen LogP contribution in [-0.2, 0) is 4.79 Å². The van der Waals surface area contributed by atoms with Gasteiger partial charge in [-0.3, -0.25) is 14.4 Å². The highest BCUT2D eigenvalue weighted by atomic mass is 19.1. The molecule has 2 N–H and O–H groups in total. The summed E-state index contributed by atoms with van der Waals surface area (Å²) >= 11 is 0. The number of carboxylic acids is 1. The van der Waals surface area contributed by atoms with Gasteiger partial charge in [0, 0.05) is 17.2 Å². The first-order chi connectivity index (χ1) is 13.0. The van der Waals surface area contributed by atoms with Gasteiger partial charge in [-0.1, -0.05) is 18.2 Å². The van der Waals surface area contributed by atoms with Crippen molar-refractivity contribution in [1.29, 1.82) is 0 Å². The maximum Gasteiger partial charge on any atom is 0.306 e. The van der Waals surface area contributed by atoms with E-state index in [2.05, 4.69) is 5.32 Å². The van der Waals surface area contributed by atoms with Crippen LogP contribution < -0.4 is 5.32 Å². The molecule has 0 unspecified atom stereocenters. The van der Waals surface area contributed by atoms with Gasteiger partial charge in [0.05, 0.1) is 11.5 Å². The van der Waals surface area contributed by atoms with E-state index in [-0.39, 0.29) is 34.8 Å². The molecule has 2 aromatic carbocycles. The summed E-state index contributed by atoms with van der Waals surface area (Å²) in [5, 5.41) is 12.0. The number of benzene rings is 2. The van der Waals surface area contributed by atoms with Crippen LogP contribution in [0.5, 0.6) is 0 Å². The molecule has 3 rings (SSSR count). The Labute approximate surface area is 156 Å². The number of nitrogens with one attached hydrogen (secondary N) is 1. The number of rotatable bonds is 5. The van der Waals surface area contributed by atoms with Crippen molar-refractivity contribution in [2.45, 2.75) is 31.7 Å². The lowest BCUT2D eigenvalue weighted by Gasteiger charge is -2.27. The molecule has 0 spiro atoms. The SMILES string of the molecule is O=C(NC1CCC(C(=O)O)CC1)c1ccccc1C(=O)c1ccc(F)cc1. The zero-order valence-corrected chi connectivity index (χ0v) is 14.7. The summed E-state index contributed by atoms with van der Waals surface area (Å²) in [6, 6.07) is 11.6. The summed E-state index contributed by atoms with van der Waals surface area (Å²) in [7, 11) is 0. The van der Waals surface area contributed by atoms with Crippen LogP contribution in [0.15, 0.2) is 48.5 Å². The number of carbonyl (C=O) groups excluding carboxylic acids is 2. The number of hydrogen-bond acceptors (Lipinski definition) is 3. The van der Waals surface area contributed by atoms with Gasteiger partial charge in [0.25, 0.3) is 5.91 Å². The first-order valence-corrected chi connectivity index (χ1v) is 8.88. The fourth-order valence-electron chi connectivity index (χ4n) is 3.38. The molecule has 140 valence electrons. The summed E-state index contributed by atoms with van der Waals surface area (Å²) < 4.78 is 13.1. The normalized spacial score (nSPS) is 19.3. The van der Waals surface area contributed by atoms with Crippen molar-refractivity contribution in [2.24, 2.45) is 5.92 Å². The average molecular weight is 369 g/mol. The topological polar surface area (TPSA) is 83.5 Å². The molecule has 0 radical (unpaired) electrons. The molecular weight excluding hydrogens is 349 g/mol. The number of amides is 1. The van der Waals surface area contributed by atoms with Crippen LogP contribution in [0.1, 0.15) is 52.0 Å². The molecule has 0 aromatic heterocycles. The van der Waals surface area contributed by atoms with Crippen molar-refractivity contribution in [3.8, 4) is 0 Å². The van der Waals surface area contributed by atoms with E-state index >= 15 is 0 Å². The third-order valence-electron chi connectivity index (χ3n) is 4.93. The molecular formula is C21H20FNO4. The zero-order chi connectivity index (χ0) is 19.4. The Morgan fingerprint density at radius 1 is 0.889 bits per heavy atom. The lowest BCUT2D eigenvalue weighted by atomic mass is 9.86. The highest BCUT2D eigenvalue weighted by Gasteiger charge is 2.27. The summed E-state index contributed by atoms with van der Waals surface area (Å²) in [6.07, 6.45) is 2.24. The van der Waals surface area contributed by atoms with E-state index in [1.165, 1.54) is 24.3 Å². The van der Waals surface area contributed by atoms with E-state index in [4.69, 9.17) is 5.11 Å². The first-order valence-electron chi connectivity index (χ1n) is 8.88. The molecule has 0 saturated heterocycles. The third-order valence-corrected chi connectivity index (χ3v) is 4.93. The number of halogens is 1. The van der Waals surface area contributed by atoms with Gasteiger partial charge in [-0.2, -0.15) is 0 Å². The predicted molar refractivity (Wildman–Crippen MR) is 97.1 cm³/mol. The van der Waals surface area contributed by atoms with E-state index in [1.807, 2.05) is 0 Å². The molecule has 0 aliphatic heterocycles. The molecule has 6 heteroatoms. The quantitative estimate of drug-likeness (QED) is 0.791. The van der Waals surface area contributed by atoms with Gasteiger partial charge in [-0.25, -0.2) is 4.39 Å². The maximum atomic E-state index is 13.1. The number of hydrogen-bond donors (Lipinski definition) is 2. The molecule has 1 aliphatic rings. The number of carbonyl (C=O) groups is 3.